The van der Waals surface area contributed by atoms with E-state index in [1.807, 2.05) is 13.8 Å². The number of nitrogens with one attached hydrogen (secondary N) is 1. The molecule has 0 fully saturated rings. The van der Waals surface area contributed by atoms with Crippen LogP contribution in [0.2, 0.25) is 0 Å². The van der Waals surface area contributed by atoms with E-state index in [2.05, 4.69) is 12.2 Å². The van der Waals surface area contributed by atoms with Crippen molar-refractivity contribution in [3.63, 3.8) is 0 Å². The van der Waals surface area contributed by atoms with Gasteiger partial charge in [-0.25, -0.2) is 0 Å². The fraction of sp³-hybridized carbons (Fsp3) is 0.917. The molecule has 0 bridgehead atoms. The molecule has 0 aliphatic carbocycles. The highest BCUT2D eigenvalue weighted by Gasteiger charge is 2.27. The van der Waals surface area contributed by atoms with Gasteiger partial charge in [0.1, 0.15) is 0 Å². The number of carbonyl (C=O) groups excluding carboxylic acids is 1. The molecular weight excluding hydrogens is 222 g/mol. The second-order valence-electron chi connectivity index (χ2n) is 4.39. The van der Waals surface area contributed by atoms with E-state index >= 15 is 0 Å². The van der Waals surface area contributed by atoms with E-state index in [4.69, 9.17) is 0 Å². The Morgan fingerprint density at radius 1 is 1.50 bits per heavy atom. The summed E-state index contributed by atoms with van der Waals surface area (Å²) in [7, 11) is 0. The van der Waals surface area contributed by atoms with Gasteiger partial charge >= 0.3 is 0 Å². The fourth-order valence-electron chi connectivity index (χ4n) is 1.29. The van der Waals surface area contributed by atoms with Crippen LogP contribution >= 0.6 is 11.8 Å². The minimum atomic E-state index is -0.803. The Labute approximate surface area is 103 Å². The minimum Gasteiger partial charge on any atom is -0.388 e. The molecule has 0 spiro atoms. The summed E-state index contributed by atoms with van der Waals surface area (Å²) in [4.78, 5) is 11.4. The van der Waals surface area contributed by atoms with E-state index in [-0.39, 0.29) is 11.8 Å². The van der Waals surface area contributed by atoms with Gasteiger partial charge < -0.3 is 10.4 Å². The lowest BCUT2D eigenvalue weighted by Gasteiger charge is -2.29. The van der Waals surface area contributed by atoms with Crippen molar-refractivity contribution >= 4 is 17.7 Å². The highest BCUT2D eigenvalue weighted by atomic mass is 32.2. The van der Waals surface area contributed by atoms with Crippen molar-refractivity contribution in [1.29, 1.82) is 0 Å². The van der Waals surface area contributed by atoms with Crippen molar-refractivity contribution in [3.05, 3.63) is 0 Å². The first-order chi connectivity index (χ1) is 7.44. The Bertz CT molecular complexity index is 207. The van der Waals surface area contributed by atoms with Crippen LogP contribution in [0, 0.1) is 5.92 Å². The molecule has 2 N–H and O–H groups in total. The normalized spacial score (nSPS) is 16.6. The molecule has 1 amide bonds. The molecule has 3 nitrogen and oxygen atoms in total. The standard InChI is InChI=1S/C12H25NO2S/c1-5-10(3)12(4,15)9-13-11(14)7-8-16-6-2/h10,15H,5-9H2,1-4H3,(H,13,14). The molecule has 4 heteroatoms. The van der Waals surface area contributed by atoms with E-state index < -0.39 is 5.60 Å². The summed E-state index contributed by atoms with van der Waals surface area (Å²) in [6.07, 6.45) is 1.45. The molecule has 16 heavy (non-hydrogen) atoms. The lowest BCUT2D eigenvalue weighted by molar-refractivity contribution is -0.122. The van der Waals surface area contributed by atoms with Crippen LogP contribution in [0.3, 0.4) is 0 Å². The molecule has 0 rings (SSSR count). The van der Waals surface area contributed by atoms with Gasteiger partial charge in [-0.2, -0.15) is 11.8 Å². The van der Waals surface area contributed by atoms with Crippen LogP contribution in [-0.4, -0.2) is 34.7 Å². The summed E-state index contributed by atoms with van der Waals surface area (Å²) >= 11 is 1.76. The molecule has 96 valence electrons. The van der Waals surface area contributed by atoms with Gasteiger partial charge in [-0.05, 0) is 18.6 Å². The lowest BCUT2D eigenvalue weighted by atomic mass is 9.88. The number of carbonyl (C=O) groups is 1. The summed E-state index contributed by atoms with van der Waals surface area (Å²) in [6, 6.07) is 0. The first-order valence-electron chi connectivity index (χ1n) is 6.00. The second-order valence-corrected chi connectivity index (χ2v) is 5.78. The Hall–Kier alpha value is -0.220. The molecule has 0 aliphatic rings. The Kier molecular flexibility index (Phi) is 7.85. The van der Waals surface area contributed by atoms with Crippen LogP contribution in [0.15, 0.2) is 0 Å². The van der Waals surface area contributed by atoms with Crippen LogP contribution in [0.5, 0.6) is 0 Å². The first-order valence-corrected chi connectivity index (χ1v) is 7.16. The molecule has 0 saturated carbocycles. The van der Waals surface area contributed by atoms with Crippen molar-refractivity contribution in [3.8, 4) is 0 Å². The second kappa shape index (κ2) is 7.96. The summed E-state index contributed by atoms with van der Waals surface area (Å²) in [5.41, 5.74) is -0.803. The summed E-state index contributed by atoms with van der Waals surface area (Å²) in [5.74, 6) is 2.12. The van der Waals surface area contributed by atoms with Crippen LogP contribution in [0.25, 0.3) is 0 Å². The smallest absolute Gasteiger partial charge is 0.220 e. The number of thioether (sulfide) groups is 1. The number of aliphatic hydroxyl groups is 1. The SMILES string of the molecule is CCSCCC(=O)NCC(C)(O)C(C)CC. The van der Waals surface area contributed by atoms with Gasteiger partial charge in [-0.3, -0.25) is 4.79 Å². The van der Waals surface area contributed by atoms with Crippen LogP contribution in [-0.2, 0) is 4.79 Å². The van der Waals surface area contributed by atoms with Crippen molar-refractivity contribution in [2.45, 2.75) is 46.1 Å². The van der Waals surface area contributed by atoms with Crippen molar-refractivity contribution in [2.75, 3.05) is 18.1 Å². The Balaban J connectivity index is 3.81. The molecule has 0 saturated heterocycles. The molecule has 0 heterocycles. The van der Waals surface area contributed by atoms with E-state index in [0.717, 1.165) is 17.9 Å². The number of hydrogen-bond acceptors (Lipinski definition) is 3. The van der Waals surface area contributed by atoms with Gasteiger partial charge in [0.25, 0.3) is 0 Å². The average molecular weight is 247 g/mol. The third-order valence-electron chi connectivity index (χ3n) is 3.00. The predicted octanol–water partition coefficient (Wildman–Crippen LogP) is 2.04. The average Bonchev–Trinajstić information content (AvgIpc) is 2.25. The molecule has 2 unspecified atom stereocenters. The Morgan fingerprint density at radius 2 is 2.12 bits per heavy atom. The van der Waals surface area contributed by atoms with Crippen LogP contribution < -0.4 is 5.32 Å². The number of amides is 1. The topological polar surface area (TPSA) is 49.3 Å². The van der Waals surface area contributed by atoms with Crippen molar-refractivity contribution < 1.29 is 9.90 Å². The summed E-state index contributed by atoms with van der Waals surface area (Å²) in [5, 5.41) is 12.9. The van der Waals surface area contributed by atoms with E-state index in [9.17, 15) is 9.90 Å². The van der Waals surface area contributed by atoms with Gasteiger partial charge in [0, 0.05) is 18.7 Å². The third-order valence-corrected chi connectivity index (χ3v) is 3.90. The van der Waals surface area contributed by atoms with E-state index in [1.54, 1.807) is 18.7 Å². The number of hydrogen-bond donors (Lipinski definition) is 2. The van der Waals surface area contributed by atoms with Crippen LogP contribution in [0.4, 0.5) is 0 Å². The maximum Gasteiger partial charge on any atom is 0.220 e. The zero-order chi connectivity index (χ0) is 12.6. The predicted molar refractivity (Wildman–Crippen MR) is 70.7 cm³/mol. The largest absolute Gasteiger partial charge is 0.388 e. The first kappa shape index (κ1) is 15.8. The van der Waals surface area contributed by atoms with Crippen LogP contribution in [0.1, 0.15) is 40.5 Å². The van der Waals surface area contributed by atoms with Gasteiger partial charge in [0.2, 0.25) is 5.91 Å². The highest BCUT2D eigenvalue weighted by Crippen LogP contribution is 2.18. The Morgan fingerprint density at radius 3 is 2.62 bits per heavy atom. The van der Waals surface area contributed by atoms with Crippen molar-refractivity contribution in [2.24, 2.45) is 5.92 Å². The molecule has 0 aromatic rings. The van der Waals surface area contributed by atoms with E-state index in [0.29, 0.717) is 13.0 Å². The third kappa shape index (κ3) is 6.38. The van der Waals surface area contributed by atoms with Gasteiger partial charge in [-0.1, -0.05) is 27.2 Å². The highest BCUT2D eigenvalue weighted by molar-refractivity contribution is 7.99. The molecule has 0 radical (unpaired) electrons. The molecular formula is C12H25NO2S. The summed E-state index contributed by atoms with van der Waals surface area (Å²) in [6.45, 7) is 8.24. The lowest BCUT2D eigenvalue weighted by Crippen LogP contribution is -2.45. The monoisotopic (exact) mass is 247 g/mol. The van der Waals surface area contributed by atoms with Gasteiger partial charge in [0.15, 0.2) is 0 Å². The summed E-state index contributed by atoms with van der Waals surface area (Å²) < 4.78 is 0. The maximum absolute atomic E-state index is 11.4. The zero-order valence-corrected chi connectivity index (χ0v) is 11.7. The molecule has 0 aliphatic heterocycles. The molecule has 2 atom stereocenters. The van der Waals surface area contributed by atoms with Gasteiger partial charge in [-0.15, -0.1) is 0 Å². The minimum absolute atomic E-state index is 0.0320. The number of rotatable bonds is 8. The zero-order valence-electron chi connectivity index (χ0n) is 10.9. The van der Waals surface area contributed by atoms with Gasteiger partial charge in [0.05, 0.1) is 5.60 Å². The maximum atomic E-state index is 11.4. The quantitative estimate of drug-likeness (QED) is 0.645. The van der Waals surface area contributed by atoms with Crippen molar-refractivity contribution in [1.82, 2.24) is 5.32 Å². The fourth-order valence-corrected chi connectivity index (χ4v) is 1.91. The van der Waals surface area contributed by atoms with E-state index in [1.165, 1.54) is 0 Å². The molecule has 0 aromatic carbocycles. The molecule has 0 aromatic heterocycles.